The molecule has 0 aliphatic heterocycles. The lowest BCUT2D eigenvalue weighted by Crippen LogP contribution is -2.38. The quantitative estimate of drug-likeness (QED) is 0.0799. The molecule has 1 heteroatoms. The van der Waals surface area contributed by atoms with Gasteiger partial charge in [0, 0.05) is 5.41 Å². The van der Waals surface area contributed by atoms with E-state index in [-0.39, 0.29) is 5.41 Å². The highest BCUT2D eigenvalue weighted by molar-refractivity contribution is 6.88. The van der Waals surface area contributed by atoms with Gasteiger partial charge in [0.2, 0.25) is 0 Å². The Morgan fingerprint density at radius 2 is 1.22 bits per heavy atom. The maximum atomic E-state index is 4.03. The lowest BCUT2D eigenvalue weighted by atomic mass is 9.68. The average Bonchev–Trinajstić information content (AvgIpc) is 3.35. The fourth-order valence-electron chi connectivity index (χ4n) is 7.30. The molecule has 5 aromatic rings. The molecule has 1 aliphatic carbocycles. The van der Waals surface area contributed by atoms with Gasteiger partial charge in [-0.2, -0.15) is 0 Å². The van der Waals surface area contributed by atoms with Gasteiger partial charge in [0.25, 0.3) is 0 Å². The zero-order valence-corrected chi connectivity index (χ0v) is 28.9. The number of hydrogen-bond donors (Lipinski definition) is 0. The molecule has 228 valence electrons. The Morgan fingerprint density at radius 3 is 1.76 bits per heavy atom. The molecule has 0 radical (unpaired) electrons. The van der Waals surface area contributed by atoms with Gasteiger partial charge < -0.3 is 0 Å². The van der Waals surface area contributed by atoms with Crippen molar-refractivity contribution in [2.45, 2.75) is 76.9 Å². The third kappa shape index (κ3) is 5.91. The van der Waals surface area contributed by atoms with Crippen LogP contribution in [0, 0.1) is 0 Å². The van der Waals surface area contributed by atoms with Gasteiger partial charge in [0.1, 0.15) is 0 Å². The zero-order chi connectivity index (χ0) is 31.6. The molecule has 0 saturated carbocycles. The number of fused-ring (bicyclic) bond motifs is 3. The molecule has 0 N–H and O–H groups in total. The van der Waals surface area contributed by atoms with Crippen molar-refractivity contribution < 1.29 is 0 Å². The first-order valence-corrected chi connectivity index (χ1v) is 20.4. The van der Waals surface area contributed by atoms with Crippen LogP contribution in [0.15, 0.2) is 128 Å². The summed E-state index contributed by atoms with van der Waals surface area (Å²) in [5, 5.41) is 1.51. The Labute approximate surface area is 272 Å². The molecule has 6 rings (SSSR count). The number of hydrogen-bond acceptors (Lipinski definition) is 0. The maximum absolute atomic E-state index is 4.03. The van der Waals surface area contributed by atoms with E-state index in [0.717, 1.165) is 32.1 Å². The van der Waals surface area contributed by atoms with E-state index < -0.39 is 8.07 Å². The summed E-state index contributed by atoms with van der Waals surface area (Å²) in [6.07, 6.45) is 7.65. The number of unbranched alkanes of at least 4 members (excludes halogenated alkanes) is 2. The van der Waals surface area contributed by atoms with Crippen LogP contribution in [-0.2, 0) is 5.41 Å². The molecule has 2 unspecified atom stereocenters. The minimum absolute atomic E-state index is 0.221. The summed E-state index contributed by atoms with van der Waals surface area (Å²) in [4.78, 5) is 0. The van der Waals surface area contributed by atoms with Gasteiger partial charge in [-0.1, -0.05) is 154 Å². The highest BCUT2D eigenvalue weighted by atomic mass is 28.3. The Balaban J connectivity index is 1.57. The van der Waals surface area contributed by atoms with Gasteiger partial charge in [-0.25, -0.2) is 0 Å². The lowest BCUT2D eigenvalue weighted by molar-refractivity contribution is 0.530. The molecule has 0 spiro atoms. The highest BCUT2D eigenvalue weighted by Crippen LogP contribution is 2.56. The fraction of sp³-hybridized carbons (Fsp3) is 0.273. The maximum Gasteiger partial charge on any atom is 0.0775 e. The molecule has 2 atom stereocenters. The molecule has 0 fully saturated rings. The molecule has 0 amide bonds. The third-order valence-electron chi connectivity index (χ3n) is 10.2. The summed E-state index contributed by atoms with van der Waals surface area (Å²) in [7, 11) is -1.43. The van der Waals surface area contributed by atoms with E-state index in [1.807, 2.05) is 0 Å². The predicted molar refractivity (Wildman–Crippen MR) is 199 cm³/mol. The Morgan fingerprint density at radius 1 is 0.667 bits per heavy atom. The summed E-state index contributed by atoms with van der Waals surface area (Å²) < 4.78 is 0. The van der Waals surface area contributed by atoms with Gasteiger partial charge in [-0.15, -0.1) is 6.58 Å². The van der Waals surface area contributed by atoms with Crippen LogP contribution < -0.4 is 5.19 Å². The van der Waals surface area contributed by atoms with Crippen LogP contribution >= 0.6 is 0 Å². The third-order valence-corrected chi connectivity index (χ3v) is 12.3. The number of allylic oxidation sites excluding steroid dienone is 1. The fourth-order valence-corrected chi connectivity index (χ4v) is 8.46. The molecule has 0 aromatic heterocycles. The number of benzene rings is 5. The van der Waals surface area contributed by atoms with Gasteiger partial charge in [-0.05, 0) is 99.4 Å². The Kier molecular flexibility index (Phi) is 8.84. The molecular formula is C44H48Si. The minimum atomic E-state index is -1.43. The molecule has 1 aliphatic rings. The van der Waals surface area contributed by atoms with Gasteiger partial charge in [0.15, 0.2) is 0 Å². The molecule has 45 heavy (non-hydrogen) atoms. The summed E-state index contributed by atoms with van der Waals surface area (Å²) in [5.41, 5.74) is 13.4. The van der Waals surface area contributed by atoms with Crippen molar-refractivity contribution in [3.05, 3.63) is 150 Å². The number of rotatable bonds is 11. The van der Waals surface area contributed by atoms with Crippen molar-refractivity contribution in [2.75, 3.05) is 0 Å². The van der Waals surface area contributed by atoms with Crippen molar-refractivity contribution >= 4 is 13.3 Å². The first kappa shape index (κ1) is 31.1. The highest BCUT2D eigenvalue weighted by Gasteiger charge is 2.44. The molecule has 0 saturated heterocycles. The largest absolute Gasteiger partial charge is 0.103 e. The second-order valence-electron chi connectivity index (χ2n) is 14.1. The first-order chi connectivity index (χ1) is 21.8. The summed E-state index contributed by atoms with van der Waals surface area (Å²) in [5.74, 6) is 0.578. The molecule has 0 nitrogen and oxygen atoms in total. The van der Waals surface area contributed by atoms with Crippen molar-refractivity contribution in [1.82, 2.24) is 0 Å². The van der Waals surface area contributed by atoms with E-state index in [4.69, 9.17) is 0 Å². The van der Waals surface area contributed by atoms with Crippen molar-refractivity contribution in [3.63, 3.8) is 0 Å². The summed E-state index contributed by atoms with van der Waals surface area (Å²) in [6.45, 7) is 15.9. The molecule has 0 heterocycles. The standard InChI is InChI=1S/C44H48Si/c1-7-9-10-14-29-44(38-23-25-39(26-24-38)45(4,5)6)42-30-36(34-15-12-11-13-16-34)21-27-40(42)41-28-22-37(31-43(41)44)35-19-17-33(18-20-35)32(3)8-2/h7,11-13,15-28,30-32H,1,8-10,14,29H2,2-6H3. The predicted octanol–water partition coefficient (Wildman–Crippen LogP) is 12.1. The van der Waals surface area contributed by atoms with E-state index in [0.29, 0.717) is 5.92 Å². The molecule has 0 bridgehead atoms. The second-order valence-corrected chi connectivity index (χ2v) is 19.2. The monoisotopic (exact) mass is 604 g/mol. The van der Waals surface area contributed by atoms with Crippen molar-refractivity contribution in [3.8, 4) is 33.4 Å². The average molecular weight is 605 g/mol. The van der Waals surface area contributed by atoms with Crippen LogP contribution in [0.25, 0.3) is 33.4 Å². The molecular weight excluding hydrogens is 557 g/mol. The summed E-state index contributed by atoms with van der Waals surface area (Å²) in [6, 6.07) is 44.4. The first-order valence-electron chi connectivity index (χ1n) is 16.9. The normalized spacial score (nSPS) is 16.2. The Hall–Kier alpha value is -3.94. The van der Waals surface area contributed by atoms with E-state index >= 15 is 0 Å². The van der Waals surface area contributed by atoms with Gasteiger partial charge in [-0.3, -0.25) is 0 Å². The van der Waals surface area contributed by atoms with Crippen LogP contribution in [0.1, 0.15) is 74.1 Å². The van der Waals surface area contributed by atoms with Crippen LogP contribution in [0.3, 0.4) is 0 Å². The molecule has 5 aromatic carbocycles. The Bertz CT molecular complexity index is 1770. The van der Waals surface area contributed by atoms with Crippen molar-refractivity contribution in [2.24, 2.45) is 0 Å². The lowest BCUT2D eigenvalue weighted by Gasteiger charge is -2.34. The SMILES string of the molecule is C=CCCCCC1(c2ccc([Si](C)(C)C)cc2)c2cc(-c3ccccc3)ccc2-c2ccc(-c3ccc(C(C)CC)cc3)cc21. The zero-order valence-electron chi connectivity index (χ0n) is 27.9. The minimum Gasteiger partial charge on any atom is -0.103 e. The topological polar surface area (TPSA) is 0 Å². The van der Waals surface area contributed by atoms with Crippen LogP contribution in [0.5, 0.6) is 0 Å². The van der Waals surface area contributed by atoms with Crippen LogP contribution in [-0.4, -0.2) is 8.07 Å². The second kappa shape index (κ2) is 12.8. The van der Waals surface area contributed by atoms with E-state index in [9.17, 15) is 0 Å². The summed E-state index contributed by atoms with van der Waals surface area (Å²) >= 11 is 0. The smallest absolute Gasteiger partial charge is 0.0775 e. The van der Waals surface area contributed by atoms with E-state index in [2.05, 4.69) is 161 Å². The van der Waals surface area contributed by atoms with E-state index in [1.54, 1.807) is 0 Å². The van der Waals surface area contributed by atoms with Gasteiger partial charge in [0.05, 0.1) is 8.07 Å². The van der Waals surface area contributed by atoms with Crippen LogP contribution in [0.2, 0.25) is 19.6 Å². The van der Waals surface area contributed by atoms with E-state index in [1.165, 1.54) is 60.8 Å². The van der Waals surface area contributed by atoms with Gasteiger partial charge >= 0.3 is 0 Å². The van der Waals surface area contributed by atoms with Crippen LogP contribution in [0.4, 0.5) is 0 Å². The van der Waals surface area contributed by atoms with Crippen molar-refractivity contribution in [1.29, 1.82) is 0 Å².